The van der Waals surface area contributed by atoms with Crippen molar-refractivity contribution in [2.75, 3.05) is 11.9 Å². The molecule has 2 aromatic rings. The van der Waals surface area contributed by atoms with E-state index in [1.807, 2.05) is 6.92 Å². The lowest BCUT2D eigenvalue weighted by Crippen LogP contribution is -2.41. The summed E-state index contributed by atoms with van der Waals surface area (Å²) in [5.74, 6) is -0.345. The van der Waals surface area contributed by atoms with E-state index in [4.69, 9.17) is 0 Å². The van der Waals surface area contributed by atoms with Crippen molar-refractivity contribution in [3.05, 3.63) is 35.3 Å². The Labute approximate surface area is 144 Å². The Kier molecular flexibility index (Phi) is 4.93. The van der Waals surface area contributed by atoms with Crippen LogP contribution in [-0.2, 0) is 10.0 Å². The first-order chi connectivity index (χ1) is 11.5. The summed E-state index contributed by atoms with van der Waals surface area (Å²) in [7, 11) is -3.52. The first-order valence-electron chi connectivity index (χ1n) is 7.68. The van der Waals surface area contributed by atoms with Crippen LogP contribution >= 0.6 is 11.3 Å². The number of amides is 1. The molecule has 9 heteroatoms. The van der Waals surface area contributed by atoms with Gasteiger partial charge in [0.2, 0.25) is 15.2 Å². The molecule has 1 aromatic carbocycles. The van der Waals surface area contributed by atoms with Gasteiger partial charge in [0.15, 0.2) is 0 Å². The molecule has 1 aliphatic heterocycles. The summed E-state index contributed by atoms with van der Waals surface area (Å²) in [6.45, 7) is 2.48. The predicted molar refractivity (Wildman–Crippen MR) is 91.5 cm³/mol. The summed E-state index contributed by atoms with van der Waals surface area (Å²) in [5.41, 5.74) is 1.89. The number of nitrogens with one attached hydrogen (secondary N) is 1. The summed E-state index contributed by atoms with van der Waals surface area (Å²) in [6, 6.07) is 5.98. The van der Waals surface area contributed by atoms with Crippen LogP contribution in [0.5, 0.6) is 0 Å². The van der Waals surface area contributed by atoms with Gasteiger partial charge in [-0.2, -0.15) is 4.31 Å². The Balaban J connectivity index is 1.77. The molecular weight excluding hydrogens is 348 g/mol. The first kappa shape index (κ1) is 17.0. The number of sulfonamides is 1. The Bertz CT molecular complexity index is 804. The predicted octanol–water partition coefficient (Wildman–Crippen LogP) is 2.35. The maximum atomic E-state index is 12.7. The lowest BCUT2D eigenvalue weighted by Gasteiger charge is -2.32. The molecule has 128 valence electrons. The van der Waals surface area contributed by atoms with Crippen molar-refractivity contribution in [1.29, 1.82) is 0 Å². The van der Waals surface area contributed by atoms with Crippen LogP contribution in [0.1, 0.15) is 36.5 Å². The minimum atomic E-state index is -3.52. The van der Waals surface area contributed by atoms with Crippen LogP contribution in [0.3, 0.4) is 0 Å². The fourth-order valence-corrected chi connectivity index (χ4v) is 4.88. The number of benzene rings is 1. The quantitative estimate of drug-likeness (QED) is 0.897. The molecule has 7 nitrogen and oxygen atoms in total. The molecule has 1 atom stereocenters. The smallest absolute Gasteiger partial charge is 0.257 e. The molecule has 1 saturated heterocycles. The van der Waals surface area contributed by atoms with Crippen LogP contribution in [-0.4, -0.2) is 41.4 Å². The molecule has 1 aromatic heterocycles. The largest absolute Gasteiger partial charge is 0.296 e. The minimum absolute atomic E-state index is 0.00382. The van der Waals surface area contributed by atoms with Crippen molar-refractivity contribution in [2.24, 2.45) is 0 Å². The summed E-state index contributed by atoms with van der Waals surface area (Å²) >= 11 is 1.22. The third-order valence-electron chi connectivity index (χ3n) is 4.05. The molecule has 1 amide bonds. The average Bonchev–Trinajstić information content (AvgIpc) is 3.08. The summed E-state index contributed by atoms with van der Waals surface area (Å²) in [6.07, 6.45) is 2.81. The number of rotatable bonds is 4. The van der Waals surface area contributed by atoms with Gasteiger partial charge in [-0.1, -0.05) is 17.8 Å². The number of nitrogens with zero attached hydrogens (tertiary/aromatic N) is 3. The summed E-state index contributed by atoms with van der Waals surface area (Å²) < 4.78 is 27.0. The molecule has 1 aliphatic rings. The zero-order chi connectivity index (χ0) is 17.2. The van der Waals surface area contributed by atoms with Crippen LogP contribution in [0, 0.1) is 0 Å². The van der Waals surface area contributed by atoms with Crippen molar-refractivity contribution in [2.45, 2.75) is 37.1 Å². The van der Waals surface area contributed by atoms with Crippen molar-refractivity contribution in [3.63, 3.8) is 0 Å². The lowest BCUT2D eigenvalue weighted by molar-refractivity contribution is 0.102. The van der Waals surface area contributed by atoms with Gasteiger partial charge in [0.05, 0.1) is 4.90 Å². The molecule has 0 spiro atoms. The second kappa shape index (κ2) is 6.96. The van der Waals surface area contributed by atoms with Crippen LogP contribution in [0.2, 0.25) is 0 Å². The highest BCUT2D eigenvalue weighted by atomic mass is 32.2. The monoisotopic (exact) mass is 366 g/mol. The van der Waals surface area contributed by atoms with Crippen molar-refractivity contribution in [3.8, 4) is 0 Å². The Hall–Kier alpha value is -1.84. The van der Waals surface area contributed by atoms with Crippen LogP contribution in [0.15, 0.2) is 34.7 Å². The van der Waals surface area contributed by atoms with Gasteiger partial charge in [-0.05, 0) is 44.0 Å². The number of anilines is 1. The van der Waals surface area contributed by atoms with Gasteiger partial charge in [0.1, 0.15) is 5.51 Å². The van der Waals surface area contributed by atoms with Crippen molar-refractivity contribution < 1.29 is 13.2 Å². The first-order valence-corrected chi connectivity index (χ1v) is 10.00. The van der Waals surface area contributed by atoms with Crippen LogP contribution in [0.4, 0.5) is 5.13 Å². The number of piperidine rings is 1. The fraction of sp³-hybridized carbons (Fsp3) is 0.400. The lowest BCUT2D eigenvalue weighted by atomic mass is 10.1. The Morgan fingerprint density at radius 3 is 2.67 bits per heavy atom. The second-order valence-electron chi connectivity index (χ2n) is 5.68. The van der Waals surface area contributed by atoms with Gasteiger partial charge in [0, 0.05) is 18.2 Å². The van der Waals surface area contributed by atoms with Gasteiger partial charge >= 0.3 is 0 Å². The van der Waals surface area contributed by atoms with E-state index in [-0.39, 0.29) is 16.8 Å². The standard InChI is InChI=1S/C15H18N4O3S2/c1-11-4-2-3-9-19(11)24(21,22)13-7-5-12(6-8-13)14(20)17-15-18-16-10-23-15/h5-8,10-11H,2-4,9H2,1H3,(H,17,18,20). The van der Waals surface area contributed by atoms with E-state index in [0.29, 0.717) is 17.2 Å². The third kappa shape index (κ3) is 3.47. The van der Waals surface area contributed by atoms with E-state index in [1.54, 1.807) is 4.31 Å². The van der Waals surface area contributed by atoms with Crippen molar-refractivity contribution in [1.82, 2.24) is 14.5 Å². The number of carbonyl (C=O) groups excluding carboxylic acids is 1. The second-order valence-corrected chi connectivity index (χ2v) is 8.41. The zero-order valence-corrected chi connectivity index (χ0v) is 14.8. The van der Waals surface area contributed by atoms with Crippen LogP contribution < -0.4 is 5.32 Å². The zero-order valence-electron chi connectivity index (χ0n) is 13.2. The molecule has 0 saturated carbocycles. The number of aromatic nitrogens is 2. The third-order valence-corrected chi connectivity index (χ3v) is 6.68. The molecular formula is C15H18N4O3S2. The highest BCUT2D eigenvalue weighted by Crippen LogP contribution is 2.25. The van der Waals surface area contributed by atoms with Gasteiger partial charge in [0.25, 0.3) is 5.91 Å². The molecule has 0 bridgehead atoms. The molecule has 1 unspecified atom stereocenters. The Morgan fingerprint density at radius 2 is 2.04 bits per heavy atom. The van der Waals surface area contributed by atoms with Crippen molar-refractivity contribution >= 4 is 32.4 Å². The average molecular weight is 366 g/mol. The van der Waals surface area contributed by atoms with Crippen LogP contribution in [0.25, 0.3) is 0 Å². The van der Waals surface area contributed by atoms with Gasteiger partial charge < -0.3 is 0 Å². The van der Waals surface area contributed by atoms with E-state index in [1.165, 1.54) is 41.1 Å². The molecule has 0 radical (unpaired) electrons. The number of hydrogen-bond donors (Lipinski definition) is 1. The van der Waals surface area contributed by atoms with Gasteiger partial charge in [-0.15, -0.1) is 10.2 Å². The van der Waals surface area contributed by atoms with E-state index < -0.39 is 10.0 Å². The molecule has 3 rings (SSSR count). The highest BCUT2D eigenvalue weighted by Gasteiger charge is 2.30. The summed E-state index contributed by atoms with van der Waals surface area (Å²) in [5, 5.41) is 10.4. The topological polar surface area (TPSA) is 92.3 Å². The minimum Gasteiger partial charge on any atom is -0.296 e. The van der Waals surface area contributed by atoms with Gasteiger partial charge in [-0.25, -0.2) is 8.42 Å². The summed E-state index contributed by atoms with van der Waals surface area (Å²) in [4.78, 5) is 12.3. The maximum absolute atomic E-state index is 12.7. The molecule has 24 heavy (non-hydrogen) atoms. The number of carbonyl (C=O) groups is 1. The molecule has 0 aliphatic carbocycles. The van der Waals surface area contributed by atoms with E-state index in [0.717, 1.165) is 19.3 Å². The maximum Gasteiger partial charge on any atom is 0.257 e. The normalized spacial score (nSPS) is 19.1. The number of hydrogen-bond acceptors (Lipinski definition) is 6. The highest BCUT2D eigenvalue weighted by molar-refractivity contribution is 7.89. The van der Waals surface area contributed by atoms with E-state index >= 15 is 0 Å². The van der Waals surface area contributed by atoms with E-state index in [9.17, 15) is 13.2 Å². The molecule has 1 fully saturated rings. The SMILES string of the molecule is CC1CCCCN1S(=O)(=O)c1ccc(C(=O)Nc2nncs2)cc1. The molecule has 2 heterocycles. The van der Waals surface area contributed by atoms with Gasteiger partial charge in [-0.3, -0.25) is 10.1 Å². The molecule has 1 N–H and O–H groups in total. The Morgan fingerprint density at radius 1 is 1.29 bits per heavy atom. The fourth-order valence-electron chi connectivity index (χ4n) is 2.74. The van der Waals surface area contributed by atoms with E-state index in [2.05, 4.69) is 15.5 Å².